The van der Waals surface area contributed by atoms with E-state index in [0.717, 1.165) is 12.8 Å². The van der Waals surface area contributed by atoms with Gasteiger partial charge in [0.1, 0.15) is 0 Å². The van der Waals surface area contributed by atoms with Gasteiger partial charge in [0.05, 0.1) is 5.97 Å². The fraction of sp³-hybridized carbons (Fsp3) is 0.857. The Morgan fingerprint density at radius 2 is 2.18 bits per heavy atom. The number of unbranched alkanes of at least 4 members (excludes halogenated alkanes) is 1. The van der Waals surface area contributed by atoms with Gasteiger partial charge in [0, 0.05) is 6.04 Å². The van der Waals surface area contributed by atoms with Crippen LogP contribution in [0.3, 0.4) is 0 Å². The predicted octanol–water partition coefficient (Wildman–Crippen LogP) is -3.48. The number of rotatable bonds is 5. The Balaban J connectivity index is 0. The minimum Gasteiger partial charge on any atom is -0.548 e. The van der Waals surface area contributed by atoms with Gasteiger partial charge in [-0.3, -0.25) is 0 Å². The van der Waals surface area contributed by atoms with Crippen molar-refractivity contribution in [3.05, 3.63) is 0 Å². The summed E-state index contributed by atoms with van der Waals surface area (Å²) in [5.74, 6) is -1.00. The van der Waals surface area contributed by atoms with Crippen LogP contribution in [0.5, 0.6) is 0 Å². The molecule has 0 aliphatic rings. The van der Waals surface area contributed by atoms with Crippen LogP contribution in [-0.4, -0.2) is 19.1 Å². The topological polar surface area (TPSA) is 52.2 Å². The van der Waals surface area contributed by atoms with Gasteiger partial charge in [-0.2, -0.15) is 0 Å². The largest absolute Gasteiger partial charge is 1.00 e. The van der Waals surface area contributed by atoms with E-state index in [9.17, 15) is 9.90 Å². The zero-order valence-electron chi connectivity index (χ0n) is 7.52. The van der Waals surface area contributed by atoms with Crippen LogP contribution in [0.15, 0.2) is 0 Å². The normalized spacial score (nSPS) is 11.8. The molecule has 1 N–H and O–H groups in total. The number of carbonyl (C=O) groups excluding carboxylic acids is 1. The standard InChI is InChI=1S/C7H15NO2.Na/c1-3-4-5-6(8-2)7(9)10;/h6,8H,3-5H2,1-2H3,(H,9,10);/q;+1/p-1. The van der Waals surface area contributed by atoms with Crippen LogP contribution in [0, 0.1) is 0 Å². The van der Waals surface area contributed by atoms with Crippen LogP contribution in [0.25, 0.3) is 0 Å². The zero-order valence-corrected chi connectivity index (χ0v) is 9.52. The molecule has 1 unspecified atom stereocenters. The SMILES string of the molecule is CCCCC(NC)C(=O)[O-].[Na+]. The predicted molar refractivity (Wildman–Crippen MR) is 37.4 cm³/mol. The average molecular weight is 167 g/mol. The molecular formula is C7H14NNaO2. The van der Waals surface area contributed by atoms with Crippen LogP contribution < -0.4 is 40.0 Å². The molecule has 0 radical (unpaired) electrons. The second-order valence-electron chi connectivity index (χ2n) is 2.30. The van der Waals surface area contributed by atoms with Crippen molar-refractivity contribution in [2.45, 2.75) is 32.2 Å². The van der Waals surface area contributed by atoms with Crippen LogP contribution in [0.2, 0.25) is 0 Å². The van der Waals surface area contributed by atoms with Gasteiger partial charge in [-0.05, 0) is 13.5 Å². The fourth-order valence-electron chi connectivity index (χ4n) is 0.788. The minimum absolute atomic E-state index is 0. The summed E-state index contributed by atoms with van der Waals surface area (Å²) in [6.45, 7) is 2.03. The molecule has 0 bridgehead atoms. The van der Waals surface area contributed by atoms with E-state index in [2.05, 4.69) is 5.32 Å². The van der Waals surface area contributed by atoms with Gasteiger partial charge in [0.15, 0.2) is 0 Å². The first kappa shape index (κ1) is 14.0. The molecule has 3 nitrogen and oxygen atoms in total. The molecule has 0 aromatic heterocycles. The van der Waals surface area contributed by atoms with Crippen LogP contribution >= 0.6 is 0 Å². The van der Waals surface area contributed by atoms with Gasteiger partial charge >= 0.3 is 29.6 Å². The maximum atomic E-state index is 10.3. The van der Waals surface area contributed by atoms with Crippen molar-refractivity contribution < 1.29 is 39.5 Å². The van der Waals surface area contributed by atoms with E-state index in [0.29, 0.717) is 6.42 Å². The molecule has 0 aromatic rings. The molecule has 0 spiro atoms. The van der Waals surface area contributed by atoms with Gasteiger partial charge < -0.3 is 15.2 Å². The van der Waals surface area contributed by atoms with Gasteiger partial charge in [-0.1, -0.05) is 19.8 Å². The number of hydrogen-bond donors (Lipinski definition) is 1. The molecule has 60 valence electrons. The summed E-state index contributed by atoms with van der Waals surface area (Å²) in [5, 5.41) is 12.9. The van der Waals surface area contributed by atoms with E-state index in [1.54, 1.807) is 7.05 Å². The summed E-state index contributed by atoms with van der Waals surface area (Å²) in [7, 11) is 1.64. The van der Waals surface area contributed by atoms with E-state index in [1.165, 1.54) is 0 Å². The molecule has 0 fully saturated rings. The Bertz CT molecular complexity index is 109. The van der Waals surface area contributed by atoms with Gasteiger partial charge in [0.25, 0.3) is 0 Å². The first-order valence-electron chi connectivity index (χ1n) is 3.60. The average Bonchev–Trinajstić information content (AvgIpc) is 1.89. The molecule has 0 aliphatic heterocycles. The molecule has 0 heterocycles. The molecule has 0 saturated heterocycles. The molecule has 0 amide bonds. The Labute approximate surface area is 89.8 Å². The van der Waals surface area contributed by atoms with Crippen LogP contribution in [0.1, 0.15) is 26.2 Å². The summed E-state index contributed by atoms with van der Waals surface area (Å²) >= 11 is 0. The maximum Gasteiger partial charge on any atom is 1.00 e. The molecule has 0 saturated carbocycles. The third kappa shape index (κ3) is 6.81. The second-order valence-corrected chi connectivity index (χ2v) is 2.30. The third-order valence-corrected chi connectivity index (χ3v) is 1.48. The Hall–Kier alpha value is 0.430. The molecule has 0 aliphatic carbocycles. The Morgan fingerprint density at radius 3 is 2.45 bits per heavy atom. The first-order valence-corrected chi connectivity index (χ1v) is 3.60. The number of hydrogen-bond acceptors (Lipinski definition) is 3. The number of carboxylic acids is 1. The molecule has 0 rings (SSSR count). The van der Waals surface area contributed by atoms with Crippen molar-refractivity contribution in [1.82, 2.24) is 5.32 Å². The third-order valence-electron chi connectivity index (χ3n) is 1.48. The van der Waals surface area contributed by atoms with Crippen molar-refractivity contribution in [2.75, 3.05) is 7.05 Å². The van der Waals surface area contributed by atoms with Crippen molar-refractivity contribution in [3.8, 4) is 0 Å². The second kappa shape index (κ2) is 8.53. The van der Waals surface area contributed by atoms with Gasteiger partial charge in [-0.15, -0.1) is 0 Å². The number of likely N-dealkylation sites (N-methyl/N-ethyl adjacent to an activating group) is 1. The first-order chi connectivity index (χ1) is 4.72. The van der Waals surface area contributed by atoms with Crippen LogP contribution in [-0.2, 0) is 4.79 Å². The van der Waals surface area contributed by atoms with Crippen molar-refractivity contribution in [2.24, 2.45) is 0 Å². The van der Waals surface area contributed by atoms with E-state index >= 15 is 0 Å². The van der Waals surface area contributed by atoms with E-state index in [4.69, 9.17) is 0 Å². The summed E-state index contributed by atoms with van der Waals surface area (Å²) in [6.07, 6.45) is 2.61. The van der Waals surface area contributed by atoms with E-state index in [1.807, 2.05) is 6.92 Å². The smallest absolute Gasteiger partial charge is 0.548 e. The monoisotopic (exact) mass is 167 g/mol. The Morgan fingerprint density at radius 1 is 1.64 bits per heavy atom. The number of carboxylic acid groups (broad SMARTS) is 1. The molecule has 11 heavy (non-hydrogen) atoms. The number of aliphatic carboxylic acids is 1. The summed E-state index contributed by atoms with van der Waals surface area (Å²) in [5.41, 5.74) is 0. The van der Waals surface area contributed by atoms with E-state index in [-0.39, 0.29) is 29.6 Å². The minimum atomic E-state index is -1.00. The molecule has 4 heteroatoms. The molecule has 1 atom stereocenters. The summed E-state index contributed by atoms with van der Waals surface area (Å²) < 4.78 is 0. The maximum absolute atomic E-state index is 10.3. The summed E-state index contributed by atoms with van der Waals surface area (Å²) in [4.78, 5) is 10.3. The van der Waals surface area contributed by atoms with Gasteiger partial charge in [0.2, 0.25) is 0 Å². The van der Waals surface area contributed by atoms with Crippen molar-refractivity contribution in [1.29, 1.82) is 0 Å². The number of nitrogens with one attached hydrogen (secondary N) is 1. The molecule has 0 aromatic carbocycles. The van der Waals surface area contributed by atoms with E-state index < -0.39 is 12.0 Å². The summed E-state index contributed by atoms with van der Waals surface area (Å²) in [6, 6.07) is -0.472. The van der Waals surface area contributed by atoms with Crippen LogP contribution in [0.4, 0.5) is 0 Å². The zero-order chi connectivity index (χ0) is 7.98. The number of carbonyl (C=O) groups is 1. The molecular weight excluding hydrogens is 153 g/mol. The quantitative estimate of drug-likeness (QED) is 0.433. The Kier molecular flexibility index (Phi) is 10.8. The van der Waals surface area contributed by atoms with Gasteiger partial charge in [-0.25, -0.2) is 0 Å². The van der Waals surface area contributed by atoms with Crippen molar-refractivity contribution >= 4 is 5.97 Å². The van der Waals surface area contributed by atoms with Crippen molar-refractivity contribution in [3.63, 3.8) is 0 Å². The fourth-order valence-corrected chi connectivity index (χ4v) is 0.788.